The Morgan fingerprint density at radius 2 is 2.04 bits per heavy atom. The molecule has 0 aromatic heterocycles. The highest BCUT2D eigenvalue weighted by molar-refractivity contribution is 5.87. The molecule has 24 heavy (non-hydrogen) atoms. The molecule has 0 spiro atoms. The van der Waals surface area contributed by atoms with Gasteiger partial charge in [0.1, 0.15) is 17.3 Å². The van der Waals surface area contributed by atoms with E-state index in [0.29, 0.717) is 30.1 Å². The fraction of sp³-hybridized carbons (Fsp3) is 0.667. The molecule has 0 heterocycles. The van der Waals surface area contributed by atoms with Gasteiger partial charge in [0.15, 0.2) is 0 Å². The zero-order valence-electron chi connectivity index (χ0n) is 15.1. The first-order chi connectivity index (χ1) is 11.6. The third-order valence-corrected chi connectivity index (χ3v) is 7.00. The van der Waals surface area contributed by atoms with Crippen LogP contribution in [0.25, 0.3) is 0 Å². The highest BCUT2D eigenvalue weighted by Crippen LogP contribution is 2.60. The monoisotopic (exact) mass is 328 g/mol. The molecule has 0 N–H and O–H groups in total. The zero-order valence-corrected chi connectivity index (χ0v) is 15.1. The van der Waals surface area contributed by atoms with E-state index < -0.39 is 0 Å². The van der Waals surface area contributed by atoms with Crippen molar-refractivity contribution in [2.24, 2.45) is 17.3 Å². The van der Waals surface area contributed by atoms with E-state index in [4.69, 9.17) is 9.47 Å². The van der Waals surface area contributed by atoms with Gasteiger partial charge >= 0.3 is 0 Å². The Bertz CT molecular complexity index is 648. The lowest BCUT2D eigenvalue weighted by Crippen LogP contribution is -2.42. The molecule has 3 aliphatic carbocycles. The van der Waals surface area contributed by atoms with Crippen LogP contribution in [0, 0.1) is 17.3 Å². The van der Waals surface area contributed by atoms with Gasteiger partial charge in [-0.2, -0.15) is 0 Å². The third kappa shape index (κ3) is 2.20. The molecule has 3 aliphatic rings. The molecule has 4 atom stereocenters. The minimum absolute atomic E-state index is 0.0584. The molecule has 0 radical (unpaired) electrons. The molecule has 0 saturated heterocycles. The van der Waals surface area contributed by atoms with E-state index >= 15 is 0 Å². The number of ether oxygens (including phenoxy) is 2. The van der Waals surface area contributed by atoms with Crippen molar-refractivity contribution in [3.05, 3.63) is 23.3 Å². The molecule has 3 heteroatoms. The van der Waals surface area contributed by atoms with Crippen LogP contribution in [-0.4, -0.2) is 19.5 Å². The second-order valence-corrected chi connectivity index (χ2v) is 7.96. The first-order valence-electron chi connectivity index (χ1n) is 9.45. The van der Waals surface area contributed by atoms with E-state index in [-0.39, 0.29) is 5.41 Å². The topological polar surface area (TPSA) is 35.5 Å². The Balaban J connectivity index is 1.73. The van der Waals surface area contributed by atoms with Crippen LogP contribution >= 0.6 is 0 Å². The number of aryl methyl sites for hydroxylation is 1. The number of hydrogen-bond acceptors (Lipinski definition) is 3. The summed E-state index contributed by atoms with van der Waals surface area (Å²) in [6.07, 6.45) is 6.30. The van der Waals surface area contributed by atoms with Gasteiger partial charge in [0.2, 0.25) is 0 Å². The summed E-state index contributed by atoms with van der Waals surface area (Å²) in [6.45, 7) is 4.92. The second-order valence-electron chi connectivity index (χ2n) is 7.96. The maximum Gasteiger partial charge on any atom is 0.139 e. The van der Waals surface area contributed by atoms with Gasteiger partial charge in [-0.05, 0) is 68.4 Å². The minimum Gasteiger partial charge on any atom is -0.496 e. The lowest BCUT2D eigenvalue weighted by atomic mass is 9.55. The van der Waals surface area contributed by atoms with Crippen LogP contribution in [0.3, 0.4) is 0 Å². The highest BCUT2D eigenvalue weighted by atomic mass is 16.5. The summed E-state index contributed by atoms with van der Waals surface area (Å²) >= 11 is 0. The summed E-state index contributed by atoms with van der Waals surface area (Å²) in [5.41, 5.74) is 2.74. The van der Waals surface area contributed by atoms with Gasteiger partial charge in [0, 0.05) is 23.5 Å². The van der Waals surface area contributed by atoms with E-state index in [0.717, 1.165) is 43.6 Å². The van der Waals surface area contributed by atoms with Crippen LogP contribution in [0.2, 0.25) is 0 Å². The number of benzene rings is 1. The fourth-order valence-electron chi connectivity index (χ4n) is 5.84. The van der Waals surface area contributed by atoms with Crippen LogP contribution in [0.5, 0.6) is 11.5 Å². The van der Waals surface area contributed by atoms with Crippen molar-refractivity contribution in [2.75, 3.05) is 13.7 Å². The van der Waals surface area contributed by atoms with Gasteiger partial charge in [-0.3, -0.25) is 4.79 Å². The molecule has 1 aromatic rings. The van der Waals surface area contributed by atoms with Crippen molar-refractivity contribution >= 4 is 5.78 Å². The summed E-state index contributed by atoms with van der Waals surface area (Å²) in [4.78, 5) is 12.4. The SMILES string of the molecule is CCOc1cc2c(c(OC)c1)[C@H]1CC[C@]3(C)C(=O)CC[C@H]3[C@@H]1CC2. The summed E-state index contributed by atoms with van der Waals surface area (Å²) < 4.78 is 11.5. The van der Waals surface area contributed by atoms with Gasteiger partial charge in [-0.1, -0.05) is 6.92 Å². The number of Topliss-reactive ketones (excluding diaryl/α,β-unsaturated/α-hetero) is 1. The first-order valence-corrected chi connectivity index (χ1v) is 9.45. The lowest BCUT2D eigenvalue weighted by molar-refractivity contribution is -0.129. The van der Waals surface area contributed by atoms with Crippen LogP contribution in [-0.2, 0) is 11.2 Å². The van der Waals surface area contributed by atoms with E-state index in [2.05, 4.69) is 19.1 Å². The Labute approximate surface area is 144 Å². The van der Waals surface area contributed by atoms with Gasteiger partial charge in [-0.25, -0.2) is 0 Å². The Hall–Kier alpha value is -1.51. The number of carbonyl (C=O) groups excluding carboxylic acids is 1. The number of methoxy groups -OCH3 is 1. The number of ketones is 1. The number of rotatable bonds is 3. The molecule has 1 aromatic carbocycles. The zero-order chi connectivity index (χ0) is 16.9. The van der Waals surface area contributed by atoms with Crippen molar-refractivity contribution in [2.45, 2.75) is 58.3 Å². The largest absolute Gasteiger partial charge is 0.496 e. The van der Waals surface area contributed by atoms with Gasteiger partial charge in [0.25, 0.3) is 0 Å². The predicted molar refractivity (Wildman–Crippen MR) is 93.8 cm³/mol. The average Bonchev–Trinajstić information content (AvgIpc) is 2.89. The molecule has 130 valence electrons. The van der Waals surface area contributed by atoms with Crippen LogP contribution in [0.4, 0.5) is 0 Å². The third-order valence-electron chi connectivity index (χ3n) is 7.00. The van der Waals surface area contributed by atoms with Crippen molar-refractivity contribution in [1.82, 2.24) is 0 Å². The Morgan fingerprint density at radius 1 is 1.21 bits per heavy atom. The second kappa shape index (κ2) is 5.79. The van der Waals surface area contributed by atoms with E-state index in [1.165, 1.54) is 17.5 Å². The van der Waals surface area contributed by atoms with Gasteiger partial charge < -0.3 is 9.47 Å². The first kappa shape index (κ1) is 16.0. The maximum atomic E-state index is 12.4. The predicted octanol–water partition coefficient (Wildman–Crippen LogP) is 4.52. The van der Waals surface area contributed by atoms with E-state index in [1.54, 1.807) is 7.11 Å². The van der Waals surface area contributed by atoms with Crippen molar-refractivity contribution < 1.29 is 14.3 Å². The standard InChI is InChI=1S/C21H28O3/c1-4-24-14-11-13-5-6-15-16(20(13)18(12-14)23-3)9-10-21(2)17(15)7-8-19(21)22/h11-12,15-17H,4-10H2,1-3H3/t15-,16+,17+,21+/m1/s1. The Morgan fingerprint density at radius 3 is 2.79 bits per heavy atom. The van der Waals surface area contributed by atoms with Crippen LogP contribution in [0.15, 0.2) is 12.1 Å². The summed E-state index contributed by atoms with van der Waals surface area (Å²) in [6, 6.07) is 4.27. The minimum atomic E-state index is -0.0584. The van der Waals surface area contributed by atoms with Gasteiger partial charge in [-0.15, -0.1) is 0 Å². The molecule has 0 unspecified atom stereocenters. The molecule has 0 bridgehead atoms. The molecule has 3 nitrogen and oxygen atoms in total. The summed E-state index contributed by atoms with van der Waals surface area (Å²) in [5, 5.41) is 0. The number of carbonyl (C=O) groups is 1. The number of fused-ring (bicyclic) bond motifs is 5. The van der Waals surface area contributed by atoms with E-state index in [9.17, 15) is 4.79 Å². The van der Waals surface area contributed by atoms with Crippen LogP contribution < -0.4 is 9.47 Å². The van der Waals surface area contributed by atoms with Crippen molar-refractivity contribution in [3.63, 3.8) is 0 Å². The molecule has 4 rings (SSSR count). The summed E-state index contributed by atoms with van der Waals surface area (Å²) in [7, 11) is 1.76. The molecule has 0 amide bonds. The quantitative estimate of drug-likeness (QED) is 0.818. The molecule has 2 fully saturated rings. The van der Waals surface area contributed by atoms with Crippen molar-refractivity contribution in [1.29, 1.82) is 0 Å². The highest BCUT2D eigenvalue weighted by Gasteiger charge is 2.54. The fourth-order valence-corrected chi connectivity index (χ4v) is 5.84. The Kier molecular flexibility index (Phi) is 3.85. The number of hydrogen-bond donors (Lipinski definition) is 0. The lowest BCUT2D eigenvalue weighted by Gasteiger charge is -2.48. The molecule has 2 saturated carbocycles. The summed E-state index contributed by atoms with van der Waals surface area (Å²) in [5.74, 6) is 4.16. The molecular weight excluding hydrogens is 300 g/mol. The molecule has 0 aliphatic heterocycles. The molecular formula is C21H28O3. The normalized spacial score (nSPS) is 34.3. The smallest absolute Gasteiger partial charge is 0.139 e. The van der Waals surface area contributed by atoms with Crippen molar-refractivity contribution in [3.8, 4) is 11.5 Å². The maximum absolute atomic E-state index is 12.4. The average molecular weight is 328 g/mol. The van der Waals surface area contributed by atoms with E-state index in [1.807, 2.05) is 6.92 Å². The van der Waals surface area contributed by atoms with Crippen LogP contribution in [0.1, 0.15) is 63.0 Å². The van der Waals surface area contributed by atoms with Gasteiger partial charge in [0.05, 0.1) is 13.7 Å².